The molecule has 0 saturated heterocycles. The first-order chi connectivity index (χ1) is 40.0. The summed E-state index contributed by atoms with van der Waals surface area (Å²) in [5.41, 5.74) is -5.37. The molecule has 17 heteroatoms. The standard InChI is InChI=1S/C66H47F3O12S2/c1-3-44-45(4-2)55(71)48(54(44)70)28-42-29-50-52(65(42,60(74)78-33-37-17-9-5-10-18-37)61(75)79-34-38-19-11-6-12-20-38)59-53(66(50,62(76)80-35-39-21-13-7-14-22-39)63(77)81-36-40-23-15-8-16-24-40)58-51(83-59)31-43(82-58)30-49-56(72)46-26-25-41(32-64(67,68)69)27-47(46)57(49)73/h3-24,26-31,41H,25,32-36H2,1-2H3/b44-3+,45-4+,49-30+. The van der Waals surface area contributed by atoms with E-state index < -0.39 is 108 Å². The summed E-state index contributed by atoms with van der Waals surface area (Å²) in [6.07, 6.45) is 3.28. The van der Waals surface area contributed by atoms with E-state index in [4.69, 9.17) is 18.9 Å². The van der Waals surface area contributed by atoms with Gasteiger partial charge < -0.3 is 18.9 Å². The summed E-state index contributed by atoms with van der Waals surface area (Å²) in [6, 6.07) is 35.8. The van der Waals surface area contributed by atoms with Gasteiger partial charge >= 0.3 is 30.1 Å². The topological polar surface area (TPSA) is 173 Å². The number of carbonyl (C=O) groups excluding carboxylic acids is 8. The van der Waals surface area contributed by atoms with Gasteiger partial charge in [-0.1, -0.05) is 152 Å². The number of fused-ring (bicyclic) bond motifs is 5. The van der Waals surface area contributed by atoms with Crippen molar-refractivity contribution in [2.75, 3.05) is 0 Å². The second kappa shape index (κ2) is 22.3. The van der Waals surface area contributed by atoms with Crippen LogP contribution in [0.1, 0.15) is 64.3 Å². The number of Topliss-reactive ketones (excluding diaryl/α,β-unsaturated/α-hetero) is 4. The molecule has 0 N–H and O–H groups in total. The number of allylic oxidation sites excluding steroid dienone is 12. The van der Waals surface area contributed by atoms with Gasteiger partial charge in [0.25, 0.3) is 0 Å². The lowest BCUT2D eigenvalue weighted by molar-refractivity contribution is -0.167. The highest BCUT2D eigenvalue weighted by Crippen LogP contribution is 2.66. The van der Waals surface area contributed by atoms with Gasteiger partial charge in [0.15, 0.2) is 23.1 Å². The van der Waals surface area contributed by atoms with Crippen molar-refractivity contribution in [1.82, 2.24) is 0 Å². The summed E-state index contributed by atoms with van der Waals surface area (Å²) in [5.74, 6) is -8.96. The molecule has 0 aliphatic heterocycles. The van der Waals surface area contributed by atoms with Crippen LogP contribution in [0.25, 0.3) is 21.0 Å². The molecule has 12 nitrogen and oxygen atoms in total. The molecule has 5 aliphatic carbocycles. The summed E-state index contributed by atoms with van der Waals surface area (Å²) in [7, 11) is 0. The van der Waals surface area contributed by atoms with Gasteiger partial charge in [-0.2, -0.15) is 13.2 Å². The molecule has 83 heavy (non-hydrogen) atoms. The Bertz CT molecular complexity index is 3870. The lowest BCUT2D eigenvalue weighted by atomic mass is 9.75. The lowest BCUT2D eigenvalue weighted by Crippen LogP contribution is -2.46. The number of esters is 4. The number of carbonyl (C=O) groups is 8. The molecule has 0 amide bonds. The zero-order valence-corrected chi connectivity index (χ0v) is 46.0. The molecular formula is C66H47F3O12S2. The lowest BCUT2D eigenvalue weighted by Gasteiger charge is -2.30. The third-order valence-electron chi connectivity index (χ3n) is 15.1. The number of hydrogen-bond acceptors (Lipinski definition) is 14. The van der Waals surface area contributed by atoms with Gasteiger partial charge in [0.05, 0.1) is 22.3 Å². The van der Waals surface area contributed by atoms with E-state index in [0.29, 0.717) is 27.0 Å². The van der Waals surface area contributed by atoms with Crippen molar-refractivity contribution in [2.45, 2.75) is 64.7 Å². The van der Waals surface area contributed by atoms with E-state index >= 15 is 19.2 Å². The van der Waals surface area contributed by atoms with Crippen molar-refractivity contribution < 1.29 is 70.5 Å². The molecule has 1 unspecified atom stereocenters. The highest BCUT2D eigenvalue weighted by molar-refractivity contribution is 7.29. The molecule has 416 valence electrons. The maximum absolute atomic E-state index is 16.0. The minimum absolute atomic E-state index is 0.0158. The van der Waals surface area contributed by atoms with Crippen LogP contribution >= 0.6 is 22.7 Å². The van der Waals surface area contributed by atoms with Gasteiger partial charge in [-0.25, -0.2) is 0 Å². The van der Waals surface area contributed by atoms with Crippen molar-refractivity contribution in [3.63, 3.8) is 0 Å². The Labute approximate surface area is 480 Å². The first-order valence-corrected chi connectivity index (χ1v) is 28.0. The Morgan fingerprint density at radius 3 is 1.45 bits per heavy atom. The van der Waals surface area contributed by atoms with E-state index in [9.17, 15) is 32.3 Å². The molecular weight excluding hydrogens is 1110 g/mol. The van der Waals surface area contributed by atoms with E-state index in [-0.39, 0.29) is 71.0 Å². The number of hydrogen-bond donors (Lipinski definition) is 0. The molecule has 5 aliphatic rings. The molecule has 11 rings (SSSR count). The van der Waals surface area contributed by atoms with Crippen LogP contribution < -0.4 is 0 Å². The maximum Gasteiger partial charge on any atom is 0.389 e. The quantitative estimate of drug-likeness (QED) is 0.0313. The van der Waals surface area contributed by atoms with Gasteiger partial charge in [0.1, 0.15) is 26.4 Å². The molecule has 2 saturated carbocycles. The average molecular weight is 1150 g/mol. The molecule has 2 heterocycles. The molecule has 6 aromatic rings. The van der Waals surface area contributed by atoms with Gasteiger partial charge in [0, 0.05) is 47.9 Å². The Morgan fingerprint density at radius 1 is 0.566 bits per heavy atom. The van der Waals surface area contributed by atoms with E-state index in [2.05, 4.69) is 0 Å². The molecule has 0 bridgehead atoms. The number of benzene rings is 4. The van der Waals surface area contributed by atoms with Crippen molar-refractivity contribution in [3.8, 4) is 0 Å². The molecule has 4 aromatic carbocycles. The van der Waals surface area contributed by atoms with Crippen LogP contribution in [0.15, 0.2) is 208 Å². The minimum atomic E-state index is -4.52. The molecule has 0 spiro atoms. The fourth-order valence-corrected chi connectivity index (χ4v) is 14.0. The minimum Gasteiger partial charge on any atom is -0.459 e. The second-order valence-electron chi connectivity index (χ2n) is 20.1. The van der Waals surface area contributed by atoms with Crippen molar-refractivity contribution in [3.05, 3.63) is 246 Å². The van der Waals surface area contributed by atoms with Gasteiger partial charge in [-0.3, -0.25) is 38.4 Å². The predicted molar refractivity (Wildman–Crippen MR) is 302 cm³/mol. The smallest absolute Gasteiger partial charge is 0.389 e. The third kappa shape index (κ3) is 9.82. The van der Waals surface area contributed by atoms with Crippen molar-refractivity contribution in [2.24, 2.45) is 11.3 Å². The fourth-order valence-electron chi connectivity index (χ4n) is 11.2. The van der Waals surface area contributed by atoms with Crippen LogP contribution in [0.4, 0.5) is 13.2 Å². The van der Waals surface area contributed by atoms with Gasteiger partial charge in [-0.05, 0) is 77.8 Å². The third-order valence-corrected chi connectivity index (χ3v) is 17.4. The van der Waals surface area contributed by atoms with Gasteiger partial charge in [0.2, 0.25) is 10.8 Å². The number of ether oxygens (including phenoxy) is 4. The molecule has 2 aromatic heterocycles. The summed E-state index contributed by atoms with van der Waals surface area (Å²) in [5, 5.41) is 0. The van der Waals surface area contributed by atoms with Crippen LogP contribution in [0.2, 0.25) is 0 Å². The summed E-state index contributed by atoms with van der Waals surface area (Å²) in [4.78, 5) is 121. The molecule has 2 fully saturated rings. The Morgan fingerprint density at radius 2 is 1.00 bits per heavy atom. The highest BCUT2D eigenvalue weighted by atomic mass is 32.1. The average Bonchev–Trinajstić information content (AvgIpc) is 1.54. The second-order valence-corrected chi connectivity index (χ2v) is 22.3. The first-order valence-electron chi connectivity index (χ1n) is 26.3. The first kappa shape index (κ1) is 55.7. The summed E-state index contributed by atoms with van der Waals surface area (Å²) >= 11 is 1.89. The molecule has 0 radical (unpaired) electrons. The summed E-state index contributed by atoms with van der Waals surface area (Å²) in [6.45, 7) is 1.54. The number of rotatable bonds is 15. The number of ketones is 4. The summed E-state index contributed by atoms with van der Waals surface area (Å²) < 4.78 is 65.8. The monoisotopic (exact) mass is 1150 g/mol. The SMILES string of the molecule is C/C=C1/C(=O)C(=CC2=CC3=C(c4sc5cc(/C=C6\C(=O)C7=CCC(CC(F)(F)F)C=C7C6=O)sc5c4C3(C(=O)OCc3ccccc3)C(=O)OCc3ccccc3)C2(C(=O)OCc2ccccc2)C(=O)OCc2ccccc2)C(=O)/C1=C/C. The van der Waals surface area contributed by atoms with E-state index in [1.165, 1.54) is 36.5 Å². The number of halogens is 3. The fraction of sp³-hybridized carbons (Fsp3) is 0.182. The van der Waals surface area contributed by atoms with Crippen LogP contribution in [0.3, 0.4) is 0 Å². The maximum atomic E-state index is 16.0. The highest BCUT2D eigenvalue weighted by Gasteiger charge is 2.70. The van der Waals surface area contributed by atoms with Gasteiger partial charge in [-0.15, -0.1) is 22.7 Å². The van der Waals surface area contributed by atoms with Crippen LogP contribution in [0, 0.1) is 11.3 Å². The Kier molecular flexibility index (Phi) is 15.0. The Balaban J connectivity index is 1.17. The van der Waals surface area contributed by atoms with Crippen molar-refractivity contribution >= 4 is 90.7 Å². The normalized spacial score (nSPS) is 19.2. The van der Waals surface area contributed by atoms with E-state index in [1.54, 1.807) is 141 Å². The Hall–Kier alpha value is -9.19. The largest absolute Gasteiger partial charge is 0.459 e. The van der Waals surface area contributed by atoms with Crippen LogP contribution in [0.5, 0.6) is 0 Å². The molecule has 1 atom stereocenters. The predicted octanol–water partition coefficient (Wildman–Crippen LogP) is 12.2. The zero-order valence-electron chi connectivity index (χ0n) is 44.3. The number of thiophene rings is 2. The van der Waals surface area contributed by atoms with E-state index in [1.807, 2.05) is 0 Å². The van der Waals surface area contributed by atoms with E-state index in [0.717, 1.165) is 28.7 Å². The number of alkyl halides is 3. The van der Waals surface area contributed by atoms with Crippen molar-refractivity contribution in [1.29, 1.82) is 0 Å². The van der Waals surface area contributed by atoms with Crippen LogP contribution in [-0.2, 0) is 89.1 Å². The zero-order chi connectivity index (χ0) is 58.4. The van der Waals surface area contributed by atoms with Crippen LogP contribution in [-0.4, -0.2) is 53.2 Å².